The van der Waals surface area contributed by atoms with Crippen LogP contribution in [0, 0.1) is 5.92 Å². The Morgan fingerprint density at radius 2 is 1.84 bits per heavy atom. The Morgan fingerprint density at radius 3 is 2.59 bits per heavy atom. The normalized spacial score (nSPS) is 14.8. The molecule has 2 aromatic carbocycles. The summed E-state index contributed by atoms with van der Waals surface area (Å²) in [6.07, 6.45) is 0.787. The van der Waals surface area contributed by atoms with Crippen LogP contribution in [0.15, 0.2) is 74.8 Å². The molecular weight excluding hydrogens is 594 g/mol. The second-order valence-electron chi connectivity index (χ2n) is 10.5. The molecule has 2 aromatic heterocycles. The van der Waals surface area contributed by atoms with E-state index in [9.17, 15) is 18.3 Å². The Balaban J connectivity index is 1.31. The van der Waals surface area contributed by atoms with Gasteiger partial charge in [-0.25, -0.2) is 13.2 Å². The van der Waals surface area contributed by atoms with Gasteiger partial charge in [0.05, 0.1) is 23.3 Å². The van der Waals surface area contributed by atoms with Crippen LogP contribution < -0.4 is 35.3 Å². The van der Waals surface area contributed by atoms with Crippen molar-refractivity contribution in [3.63, 3.8) is 0 Å². The largest absolute Gasteiger partial charge is 0.492 e. The molecule has 5 N–H and O–H groups in total. The molecule has 44 heavy (non-hydrogen) atoms. The molecule has 0 saturated heterocycles. The third-order valence-corrected chi connectivity index (χ3v) is 9.34. The Kier molecular flexibility index (Phi) is 9.64. The number of ether oxygens (including phenoxy) is 4. The van der Waals surface area contributed by atoms with Crippen molar-refractivity contribution in [2.75, 3.05) is 26.5 Å². The van der Waals surface area contributed by atoms with Crippen LogP contribution in [0.5, 0.6) is 23.0 Å². The highest BCUT2D eigenvalue weighted by molar-refractivity contribution is 7.92. The summed E-state index contributed by atoms with van der Waals surface area (Å²) in [4.78, 5) is 13.0. The van der Waals surface area contributed by atoms with Crippen molar-refractivity contribution in [1.29, 1.82) is 0 Å². The lowest BCUT2D eigenvalue weighted by Gasteiger charge is -2.28. The van der Waals surface area contributed by atoms with Gasteiger partial charge < -0.3 is 43.9 Å². The van der Waals surface area contributed by atoms with Crippen molar-refractivity contribution in [1.82, 2.24) is 10.6 Å². The zero-order valence-corrected chi connectivity index (χ0v) is 25.0. The summed E-state index contributed by atoms with van der Waals surface area (Å²) >= 11 is 0. The van der Waals surface area contributed by atoms with Crippen molar-refractivity contribution in [3.8, 4) is 23.0 Å². The number of hydrogen-bond donors (Lipinski definition) is 4. The summed E-state index contributed by atoms with van der Waals surface area (Å²) in [7, 11) is -3.90. The van der Waals surface area contributed by atoms with Gasteiger partial charge >= 0.3 is 11.9 Å². The van der Waals surface area contributed by atoms with Gasteiger partial charge in [0.15, 0.2) is 27.1 Å². The van der Waals surface area contributed by atoms with Crippen LogP contribution in [0.2, 0.25) is 0 Å². The van der Waals surface area contributed by atoms with Crippen molar-refractivity contribution >= 4 is 27.1 Å². The predicted octanol–water partition coefficient (Wildman–Crippen LogP) is 3.20. The molecule has 0 aliphatic carbocycles. The fraction of sp³-hybridized carbons (Fsp3) is 0.367. The summed E-state index contributed by atoms with van der Waals surface area (Å²) in [6.45, 7) is 4.12. The molecule has 0 spiro atoms. The topological polar surface area (TPSA) is 185 Å². The van der Waals surface area contributed by atoms with Crippen LogP contribution in [0.25, 0.3) is 11.2 Å². The first-order chi connectivity index (χ1) is 21.2. The van der Waals surface area contributed by atoms with Gasteiger partial charge in [-0.1, -0.05) is 26.0 Å². The first-order valence-corrected chi connectivity index (χ1v) is 15.6. The Bertz CT molecular complexity index is 1670. The van der Waals surface area contributed by atoms with E-state index in [1.165, 1.54) is 24.7 Å². The van der Waals surface area contributed by atoms with E-state index in [0.717, 1.165) is 5.56 Å². The fourth-order valence-electron chi connectivity index (χ4n) is 4.82. The van der Waals surface area contributed by atoms with Crippen molar-refractivity contribution in [2.45, 2.75) is 42.7 Å². The van der Waals surface area contributed by atoms with E-state index in [4.69, 9.17) is 33.5 Å². The maximum Gasteiger partial charge on any atom is 0.413 e. The summed E-state index contributed by atoms with van der Waals surface area (Å²) in [5, 5.41) is 16.4. The van der Waals surface area contributed by atoms with Gasteiger partial charge in [-0.3, -0.25) is 5.32 Å². The van der Waals surface area contributed by atoms with Gasteiger partial charge in [0, 0.05) is 19.2 Å². The number of fused-ring (bicyclic) bond motifs is 2. The summed E-state index contributed by atoms with van der Waals surface area (Å²) in [5.41, 5.74) is 6.28. The third-order valence-electron chi connectivity index (χ3n) is 7.04. The number of nitrogens with one attached hydrogen (secondary N) is 2. The summed E-state index contributed by atoms with van der Waals surface area (Å²) < 4.78 is 59.3. The average molecular weight is 630 g/mol. The number of sulfone groups is 1. The van der Waals surface area contributed by atoms with Crippen LogP contribution in [-0.4, -0.2) is 63.6 Å². The molecule has 3 atom stereocenters. The summed E-state index contributed by atoms with van der Waals surface area (Å²) in [5.74, 6) is 1.43. The molecule has 5 rings (SSSR count). The number of amides is 1. The van der Waals surface area contributed by atoms with E-state index < -0.39 is 33.5 Å². The monoisotopic (exact) mass is 629 g/mol. The number of carbonyl (C=O) groups excluding carboxylic acids is 1. The number of carbonyl (C=O) groups is 1. The van der Waals surface area contributed by atoms with Crippen LogP contribution in [0.3, 0.4) is 0 Å². The van der Waals surface area contributed by atoms with Gasteiger partial charge in [-0.05, 0) is 48.2 Å². The van der Waals surface area contributed by atoms with Gasteiger partial charge in [-0.2, -0.15) is 0 Å². The number of nitrogens with two attached hydrogens (primary N) is 1. The Hall–Kier alpha value is -4.24. The summed E-state index contributed by atoms with van der Waals surface area (Å²) in [6, 6.07) is 12.3. The zero-order valence-electron chi connectivity index (χ0n) is 24.2. The molecule has 1 aliphatic heterocycles. The second-order valence-corrected chi connectivity index (χ2v) is 12.6. The van der Waals surface area contributed by atoms with Gasteiger partial charge in [0.2, 0.25) is 6.79 Å². The highest BCUT2D eigenvalue weighted by Gasteiger charge is 2.33. The van der Waals surface area contributed by atoms with Crippen molar-refractivity contribution < 1.29 is 46.1 Å². The number of hydrogen-bond acceptors (Lipinski definition) is 12. The minimum Gasteiger partial charge on any atom is -0.492 e. The van der Waals surface area contributed by atoms with E-state index in [0.29, 0.717) is 35.8 Å². The van der Waals surface area contributed by atoms with Crippen molar-refractivity contribution in [3.05, 3.63) is 66.6 Å². The van der Waals surface area contributed by atoms with Crippen LogP contribution in [-0.2, 0) is 16.3 Å². The van der Waals surface area contributed by atoms with Gasteiger partial charge in [0.1, 0.15) is 29.4 Å². The number of aliphatic hydroxyl groups is 1. The van der Waals surface area contributed by atoms with E-state index in [2.05, 4.69) is 10.6 Å². The van der Waals surface area contributed by atoms with Crippen LogP contribution in [0.4, 0.5) is 4.79 Å². The molecule has 0 radical (unpaired) electrons. The van der Waals surface area contributed by atoms with Crippen LogP contribution >= 0.6 is 0 Å². The molecule has 3 heterocycles. The maximum absolute atomic E-state index is 13.6. The number of aliphatic hydroxyl groups excluding tert-OH is 1. The first kappa shape index (κ1) is 31.2. The third kappa shape index (κ3) is 7.10. The lowest BCUT2D eigenvalue weighted by molar-refractivity contribution is 0.117. The molecule has 14 heteroatoms. The maximum atomic E-state index is 13.6. The fourth-order valence-corrected chi connectivity index (χ4v) is 6.67. The Morgan fingerprint density at radius 1 is 1.07 bits per heavy atom. The number of benzene rings is 2. The van der Waals surface area contributed by atoms with E-state index in [1.807, 2.05) is 0 Å². The lowest BCUT2D eigenvalue weighted by atomic mass is 10.0. The molecule has 0 fully saturated rings. The minimum atomic E-state index is -3.90. The molecule has 0 saturated carbocycles. The van der Waals surface area contributed by atoms with E-state index in [1.54, 1.807) is 50.2 Å². The number of furan rings is 2. The smallest absolute Gasteiger partial charge is 0.413 e. The average Bonchev–Trinajstić information content (AvgIpc) is 3.75. The quantitative estimate of drug-likeness (QED) is 0.160. The molecule has 236 valence electrons. The second kappa shape index (κ2) is 13.6. The Labute approximate surface area is 254 Å². The van der Waals surface area contributed by atoms with Gasteiger partial charge in [-0.15, -0.1) is 0 Å². The molecule has 0 bridgehead atoms. The lowest BCUT2D eigenvalue weighted by Crippen LogP contribution is -2.52. The van der Waals surface area contributed by atoms with Crippen LogP contribution in [0.1, 0.15) is 19.4 Å². The zero-order chi connectivity index (χ0) is 31.3. The highest BCUT2D eigenvalue weighted by atomic mass is 32.2. The van der Waals surface area contributed by atoms with E-state index in [-0.39, 0.29) is 42.1 Å². The van der Waals surface area contributed by atoms with E-state index >= 15 is 0 Å². The predicted molar refractivity (Wildman–Crippen MR) is 159 cm³/mol. The molecule has 1 amide bonds. The number of rotatable bonds is 14. The molecule has 1 aliphatic rings. The standard InChI is InChI=1S/C30H35N3O10S/c1-18(2)28(44(36,37)21-7-8-25-26(14-21)42-17-41-25)32-15-24(34)23(13-19-3-5-20(6-4-19)38-12-10-31)33-30(35)43-27-16-40-29-22(27)9-11-39-29/h3-9,11,14,16,18,23-24,28,32,34H,10,12-13,15,17,31H2,1-2H3,(H,33,35)/t23-,24+,28?/m0/s1. The van der Waals surface area contributed by atoms with Crippen molar-refractivity contribution in [2.24, 2.45) is 11.7 Å². The molecular formula is C30H35N3O10S. The molecule has 4 aromatic rings. The van der Waals surface area contributed by atoms with Gasteiger partial charge in [0.25, 0.3) is 0 Å². The SMILES string of the molecule is CC(C)C(NC[C@@H](O)[C@H](Cc1ccc(OCCN)cc1)NC(=O)Oc1coc2occc12)S(=O)(=O)c1ccc2c(c1)OCO2. The molecule has 1 unspecified atom stereocenters. The molecule has 13 nitrogen and oxygen atoms in total. The first-order valence-electron chi connectivity index (χ1n) is 14.1. The highest BCUT2D eigenvalue weighted by Crippen LogP contribution is 2.35. The minimum absolute atomic E-state index is 0.0186.